The number of ether oxygens (including phenoxy) is 3. The fourth-order valence-electron chi connectivity index (χ4n) is 5.07. The highest BCUT2D eigenvalue weighted by Crippen LogP contribution is 2.46. The number of fused-ring (bicyclic) bond motifs is 1. The predicted molar refractivity (Wildman–Crippen MR) is 138 cm³/mol. The second-order valence-corrected chi connectivity index (χ2v) is 10.1. The largest absolute Gasteiger partial charge is 0.508 e. The predicted octanol–water partition coefficient (Wildman–Crippen LogP) is -2.44. The van der Waals surface area contributed by atoms with Crippen molar-refractivity contribution < 1.29 is 69.7 Å². The molecule has 3 heterocycles. The maximum atomic E-state index is 13.2. The number of benzene rings is 2. The Hall–Kier alpha value is -3.35. The van der Waals surface area contributed by atoms with Crippen molar-refractivity contribution in [3.05, 3.63) is 52.2 Å². The molecule has 0 spiro atoms. The quantitative estimate of drug-likeness (QED) is 0.142. The topological polar surface area (TPSA) is 260 Å². The van der Waals surface area contributed by atoms with Gasteiger partial charge in [-0.3, -0.25) is 4.79 Å². The molecule has 5 rings (SSSR count). The van der Waals surface area contributed by atoms with Gasteiger partial charge in [-0.15, -0.1) is 0 Å². The molecular weight excluding hydrogens is 564 g/mol. The molecule has 0 bridgehead atoms. The first kappa shape index (κ1) is 30.1. The van der Waals surface area contributed by atoms with Crippen molar-refractivity contribution in [2.45, 2.75) is 61.2 Å². The van der Waals surface area contributed by atoms with Crippen LogP contribution in [0.2, 0.25) is 0 Å². The fraction of sp³-hybridized carbons (Fsp3) is 0.444. The molecule has 3 aromatic rings. The van der Waals surface area contributed by atoms with Gasteiger partial charge in [-0.05, 0) is 24.3 Å². The Labute approximate surface area is 236 Å². The van der Waals surface area contributed by atoms with Crippen molar-refractivity contribution in [2.75, 3.05) is 13.2 Å². The Bertz CT molecular complexity index is 1470. The van der Waals surface area contributed by atoms with E-state index < -0.39 is 102 Å². The van der Waals surface area contributed by atoms with Gasteiger partial charge in [-0.25, -0.2) is 0 Å². The first-order chi connectivity index (χ1) is 20.0. The number of phenols is 2. The molecule has 10 N–H and O–H groups in total. The van der Waals surface area contributed by atoms with Crippen LogP contribution in [0.25, 0.3) is 22.3 Å². The second-order valence-electron chi connectivity index (χ2n) is 10.1. The van der Waals surface area contributed by atoms with Crippen molar-refractivity contribution in [1.29, 1.82) is 0 Å². The van der Waals surface area contributed by atoms with Crippen LogP contribution in [0.15, 0.2) is 45.6 Å². The first-order valence-corrected chi connectivity index (χ1v) is 12.9. The Morgan fingerprint density at radius 3 is 1.95 bits per heavy atom. The summed E-state index contributed by atoms with van der Waals surface area (Å²) in [5.74, 6) is -1.33. The monoisotopic (exact) mass is 594 g/mol. The van der Waals surface area contributed by atoms with Gasteiger partial charge >= 0.3 is 0 Å². The molecule has 2 saturated heterocycles. The third kappa shape index (κ3) is 5.20. The molecule has 42 heavy (non-hydrogen) atoms. The van der Waals surface area contributed by atoms with Crippen LogP contribution in [-0.4, -0.2) is 119 Å². The molecule has 228 valence electrons. The normalized spacial score (nSPS) is 33.5. The zero-order valence-corrected chi connectivity index (χ0v) is 21.7. The number of phenolic OH excluding ortho intramolecular Hbond substituents is 2. The van der Waals surface area contributed by atoms with Crippen molar-refractivity contribution in [2.24, 2.45) is 0 Å². The van der Waals surface area contributed by atoms with Gasteiger partial charge < -0.3 is 69.7 Å². The molecule has 2 aliphatic rings. The summed E-state index contributed by atoms with van der Waals surface area (Å²) in [7, 11) is 0. The highest BCUT2D eigenvalue weighted by molar-refractivity contribution is 5.88. The maximum absolute atomic E-state index is 13.2. The average molecular weight is 595 g/mol. The Morgan fingerprint density at radius 1 is 0.738 bits per heavy atom. The van der Waals surface area contributed by atoms with Crippen LogP contribution in [0, 0.1) is 0 Å². The van der Waals surface area contributed by atoms with E-state index in [9.17, 15) is 55.9 Å². The van der Waals surface area contributed by atoms with Crippen molar-refractivity contribution in [1.82, 2.24) is 0 Å². The number of hydrogen-bond donors (Lipinski definition) is 10. The van der Waals surface area contributed by atoms with Crippen molar-refractivity contribution in [3.63, 3.8) is 0 Å². The van der Waals surface area contributed by atoms with E-state index in [1.54, 1.807) is 0 Å². The van der Waals surface area contributed by atoms with Crippen LogP contribution in [0.1, 0.15) is 11.7 Å². The number of aromatic hydroxyl groups is 2. The van der Waals surface area contributed by atoms with E-state index in [-0.39, 0.29) is 17.1 Å². The summed E-state index contributed by atoms with van der Waals surface area (Å²) in [6.07, 6.45) is -17.4. The molecule has 2 fully saturated rings. The van der Waals surface area contributed by atoms with E-state index in [0.29, 0.717) is 5.56 Å². The Kier molecular flexibility index (Phi) is 8.41. The second kappa shape index (κ2) is 11.7. The summed E-state index contributed by atoms with van der Waals surface area (Å²) < 4.78 is 22.6. The van der Waals surface area contributed by atoms with E-state index in [4.69, 9.17) is 18.6 Å². The fourth-order valence-corrected chi connectivity index (χ4v) is 5.07. The molecule has 0 amide bonds. The van der Waals surface area contributed by atoms with Gasteiger partial charge in [0.15, 0.2) is 5.43 Å². The summed E-state index contributed by atoms with van der Waals surface area (Å²) in [6, 6.07) is 7.78. The molecule has 10 unspecified atom stereocenters. The molecule has 0 radical (unpaired) electrons. The van der Waals surface area contributed by atoms with Gasteiger partial charge in [0.05, 0.1) is 18.8 Å². The SMILES string of the molecule is O=c1cc(-c2ccc(O)cc2)oc2cc(OC3OC(CO)C(O)C(O)C3O)c(C3OC(CO)C(O)C(O)C3O)c(O)c12. The minimum atomic E-state index is -1.94. The van der Waals surface area contributed by atoms with E-state index in [1.165, 1.54) is 24.3 Å². The third-order valence-corrected chi connectivity index (χ3v) is 7.41. The highest BCUT2D eigenvalue weighted by Gasteiger charge is 2.48. The minimum absolute atomic E-state index is 0.0197. The lowest BCUT2D eigenvalue weighted by atomic mass is 9.89. The lowest BCUT2D eigenvalue weighted by Gasteiger charge is -2.42. The molecular formula is C27H30O15. The standard InChI is InChI=1S/C27H30O15/c28-7-15-19(32)22(35)24(37)26(40-15)18-14(41-27-25(38)23(36)20(33)16(8-29)42-27)6-13-17(21(18)34)11(31)5-12(39-13)9-1-3-10(30)4-2-9/h1-6,15-16,19-20,22-30,32-38H,7-8H2. The maximum Gasteiger partial charge on any atom is 0.229 e. The summed E-state index contributed by atoms with van der Waals surface area (Å²) >= 11 is 0. The van der Waals surface area contributed by atoms with Crippen LogP contribution in [-0.2, 0) is 9.47 Å². The molecule has 10 atom stereocenters. The smallest absolute Gasteiger partial charge is 0.229 e. The Balaban J connectivity index is 1.68. The number of rotatable bonds is 6. The molecule has 15 heteroatoms. The average Bonchev–Trinajstić information content (AvgIpc) is 2.97. The zero-order chi connectivity index (χ0) is 30.5. The van der Waals surface area contributed by atoms with E-state index >= 15 is 0 Å². The summed E-state index contributed by atoms with van der Waals surface area (Å²) in [5, 5.41) is 102. The van der Waals surface area contributed by atoms with Crippen LogP contribution >= 0.6 is 0 Å². The van der Waals surface area contributed by atoms with Crippen LogP contribution in [0.3, 0.4) is 0 Å². The zero-order valence-electron chi connectivity index (χ0n) is 21.7. The Morgan fingerprint density at radius 2 is 1.33 bits per heavy atom. The summed E-state index contributed by atoms with van der Waals surface area (Å²) in [6.45, 7) is -1.59. The van der Waals surface area contributed by atoms with Gasteiger partial charge in [-0.1, -0.05) is 0 Å². The number of aliphatic hydroxyl groups excluding tert-OH is 8. The van der Waals surface area contributed by atoms with E-state index in [2.05, 4.69) is 0 Å². The van der Waals surface area contributed by atoms with Crippen molar-refractivity contribution >= 4 is 11.0 Å². The third-order valence-electron chi connectivity index (χ3n) is 7.41. The van der Waals surface area contributed by atoms with E-state index in [1.807, 2.05) is 0 Å². The molecule has 15 nitrogen and oxygen atoms in total. The minimum Gasteiger partial charge on any atom is -0.508 e. The molecule has 0 saturated carbocycles. The number of aliphatic hydroxyl groups is 8. The van der Waals surface area contributed by atoms with Gasteiger partial charge in [0.2, 0.25) is 6.29 Å². The lowest BCUT2D eigenvalue weighted by Crippen LogP contribution is -2.60. The first-order valence-electron chi connectivity index (χ1n) is 12.9. The van der Waals surface area contributed by atoms with Gasteiger partial charge in [0, 0.05) is 17.7 Å². The van der Waals surface area contributed by atoms with Gasteiger partial charge in [-0.2, -0.15) is 0 Å². The van der Waals surface area contributed by atoms with Crippen LogP contribution in [0.5, 0.6) is 17.2 Å². The van der Waals surface area contributed by atoms with Crippen LogP contribution in [0.4, 0.5) is 0 Å². The lowest BCUT2D eigenvalue weighted by molar-refractivity contribution is -0.278. The van der Waals surface area contributed by atoms with E-state index in [0.717, 1.165) is 12.1 Å². The molecule has 0 aliphatic carbocycles. The van der Waals surface area contributed by atoms with Gasteiger partial charge in [0.25, 0.3) is 0 Å². The highest BCUT2D eigenvalue weighted by atomic mass is 16.7. The molecule has 2 aromatic carbocycles. The molecule has 1 aromatic heterocycles. The van der Waals surface area contributed by atoms with Crippen molar-refractivity contribution in [3.8, 4) is 28.6 Å². The summed E-state index contributed by atoms with van der Waals surface area (Å²) in [4.78, 5) is 13.2. The number of hydrogen-bond acceptors (Lipinski definition) is 15. The summed E-state index contributed by atoms with van der Waals surface area (Å²) in [5.41, 5.74) is -1.13. The molecule has 2 aliphatic heterocycles. The van der Waals surface area contributed by atoms with Gasteiger partial charge in [0.1, 0.15) is 88.9 Å². The van der Waals surface area contributed by atoms with Crippen LogP contribution < -0.4 is 10.2 Å².